The highest BCUT2D eigenvalue weighted by Crippen LogP contribution is 2.28. The first-order valence-corrected chi connectivity index (χ1v) is 7.66. The molecule has 0 saturated carbocycles. The number of benzene rings is 1. The van der Waals surface area contributed by atoms with Crippen LogP contribution in [0.3, 0.4) is 0 Å². The van der Waals surface area contributed by atoms with Gasteiger partial charge in [0, 0.05) is 28.8 Å². The summed E-state index contributed by atoms with van der Waals surface area (Å²) in [5.74, 6) is 0.0554. The van der Waals surface area contributed by atoms with Crippen LogP contribution in [0.2, 0.25) is 0 Å². The summed E-state index contributed by atoms with van der Waals surface area (Å²) in [5.41, 5.74) is 2.03. The third kappa shape index (κ3) is 5.66. The first-order chi connectivity index (χ1) is 9.06. The van der Waals surface area contributed by atoms with Gasteiger partial charge < -0.3 is 10.6 Å². The molecule has 106 valence electrons. The molecule has 4 heteroatoms. The molecule has 2 N–H and O–H groups in total. The van der Waals surface area contributed by atoms with Crippen LogP contribution in [-0.4, -0.2) is 24.7 Å². The monoisotopic (exact) mass is 280 g/mol. The zero-order chi connectivity index (χ0) is 14.3. The SMILES string of the molecule is CCC(C)Sc1ccc(NC(=O)CCNC)c(C)c1. The Morgan fingerprint density at radius 1 is 1.42 bits per heavy atom. The van der Waals surface area contributed by atoms with Crippen molar-refractivity contribution in [2.45, 2.75) is 43.8 Å². The topological polar surface area (TPSA) is 41.1 Å². The number of amides is 1. The number of nitrogens with one attached hydrogen (secondary N) is 2. The lowest BCUT2D eigenvalue weighted by molar-refractivity contribution is -0.116. The lowest BCUT2D eigenvalue weighted by Crippen LogP contribution is -2.19. The van der Waals surface area contributed by atoms with Crippen molar-refractivity contribution >= 4 is 23.4 Å². The zero-order valence-electron chi connectivity index (χ0n) is 12.2. The number of carbonyl (C=O) groups excluding carboxylic acids is 1. The molecule has 0 aliphatic heterocycles. The van der Waals surface area contributed by atoms with E-state index in [0.717, 1.165) is 17.7 Å². The van der Waals surface area contributed by atoms with Crippen molar-refractivity contribution in [2.24, 2.45) is 0 Å². The third-order valence-electron chi connectivity index (χ3n) is 2.99. The minimum Gasteiger partial charge on any atom is -0.326 e. The standard InChI is InChI=1S/C15H24N2OS/c1-5-12(3)19-13-6-7-14(11(2)10-13)17-15(18)8-9-16-4/h6-7,10,12,16H,5,8-9H2,1-4H3,(H,17,18). The van der Waals surface area contributed by atoms with Gasteiger partial charge in [-0.2, -0.15) is 0 Å². The Morgan fingerprint density at radius 3 is 2.74 bits per heavy atom. The maximum atomic E-state index is 11.7. The molecule has 0 saturated heterocycles. The third-order valence-corrected chi connectivity index (χ3v) is 4.25. The summed E-state index contributed by atoms with van der Waals surface area (Å²) in [6, 6.07) is 6.22. The van der Waals surface area contributed by atoms with Gasteiger partial charge in [-0.25, -0.2) is 0 Å². The Morgan fingerprint density at radius 2 is 2.16 bits per heavy atom. The zero-order valence-corrected chi connectivity index (χ0v) is 13.1. The minimum absolute atomic E-state index is 0.0554. The van der Waals surface area contributed by atoms with Crippen LogP contribution in [0.15, 0.2) is 23.1 Å². The molecule has 1 amide bonds. The molecule has 1 aromatic rings. The van der Waals surface area contributed by atoms with Crippen LogP contribution in [0.4, 0.5) is 5.69 Å². The minimum atomic E-state index is 0.0554. The van der Waals surface area contributed by atoms with Crippen molar-refractivity contribution < 1.29 is 4.79 Å². The van der Waals surface area contributed by atoms with Crippen LogP contribution in [0.25, 0.3) is 0 Å². The van der Waals surface area contributed by atoms with Gasteiger partial charge in [-0.05, 0) is 44.2 Å². The van der Waals surface area contributed by atoms with E-state index >= 15 is 0 Å². The predicted molar refractivity (Wildman–Crippen MR) is 84.0 cm³/mol. The van der Waals surface area contributed by atoms with Gasteiger partial charge in [0.25, 0.3) is 0 Å². The summed E-state index contributed by atoms with van der Waals surface area (Å²) in [6.07, 6.45) is 1.66. The maximum Gasteiger partial charge on any atom is 0.225 e. The first kappa shape index (κ1) is 16.1. The summed E-state index contributed by atoms with van der Waals surface area (Å²) in [7, 11) is 1.85. The van der Waals surface area contributed by atoms with Crippen molar-refractivity contribution in [2.75, 3.05) is 18.9 Å². The molecule has 0 aliphatic rings. The molecule has 3 nitrogen and oxygen atoms in total. The molecule has 1 unspecified atom stereocenters. The Balaban J connectivity index is 2.64. The van der Waals surface area contributed by atoms with E-state index in [2.05, 4.69) is 36.6 Å². The van der Waals surface area contributed by atoms with E-state index in [1.165, 1.54) is 4.90 Å². The van der Waals surface area contributed by atoms with Gasteiger partial charge in [0.2, 0.25) is 5.91 Å². The van der Waals surface area contributed by atoms with Crippen molar-refractivity contribution in [1.82, 2.24) is 5.32 Å². The molecular formula is C15H24N2OS. The number of rotatable bonds is 7. The second-order valence-corrected chi connectivity index (χ2v) is 6.23. The fourth-order valence-electron chi connectivity index (χ4n) is 1.62. The van der Waals surface area contributed by atoms with E-state index in [4.69, 9.17) is 0 Å². The van der Waals surface area contributed by atoms with Crippen LogP contribution >= 0.6 is 11.8 Å². The Kier molecular flexibility index (Phi) is 6.95. The molecular weight excluding hydrogens is 256 g/mol. The summed E-state index contributed by atoms with van der Waals surface area (Å²) >= 11 is 1.88. The van der Waals surface area contributed by atoms with Gasteiger partial charge in [-0.3, -0.25) is 4.79 Å². The number of aryl methyl sites for hydroxylation is 1. The molecule has 1 rings (SSSR count). The lowest BCUT2D eigenvalue weighted by Gasteiger charge is -2.12. The normalized spacial score (nSPS) is 12.2. The highest BCUT2D eigenvalue weighted by molar-refractivity contribution is 7.99. The summed E-state index contributed by atoms with van der Waals surface area (Å²) in [6.45, 7) is 7.16. The second-order valence-electron chi connectivity index (χ2n) is 4.72. The van der Waals surface area contributed by atoms with Gasteiger partial charge in [0.15, 0.2) is 0 Å². The maximum absolute atomic E-state index is 11.7. The molecule has 0 fully saturated rings. The smallest absolute Gasteiger partial charge is 0.225 e. The molecule has 1 atom stereocenters. The molecule has 19 heavy (non-hydrogen) atoms. The van der Waals surface area contributed by atoms with Gasteiger partial charge in [0.05, 0.1) is 0 Å². The highest BCUT2D eigenvalue weighted by atomic mass is 32.2. The fourth-order valence-corrected chi connectivity index (χ4v) is 2.64. The van der Waals surface area contributed by atoms with Gasteiger partial charge in [0.1, 0.15) is 0 Å². The predicted octanol–water partition coefficient (Wildman–Crippen LogP) is 3.43. The molecule has 0 aliphatic carbocycles. The fraction of sp³-hybridized carbons (Fsp3) is 0.533. The van der Waals surface area contributed by atoms with Crippen molar-refractivity contribution in [3.05, 3.63) is 23.8 Å². The number of thioether (sulfide) groups is 1. The van der Waals surface area contributed by atoms with Crippen LogP contribution in [0.1, 0.15) is 32.3 Å². The lowest BCUT2D eigenvalue weighted by atomic mass is 10.2. The largest absolute Gasteiger partial charge is 0.326 e. The van der Waals surface area contributed by atoms with E-state index < -0.39 is 0 Å². The summed E-state index contributed by atoms with van der Waals surface area (Å²) in [5, 5.41) is 6.54. The van der Waals surface area contributed by atoms with Crippen molar-refractivity contribution in [1.29, 1.82) is 0 Å². The number of carbonyl (C=O) groups is 1. The Labute approximate surface area is 120 Å². The highest BCUT2D eigenvalue weighted by Gasteiger charge is 2.07. The molecule has 0 radical (unpaired) electrons. The average molecular weight is 280 g/mol. The molecule has 0 aromatic heterocycles. The molecule has 0 heterocycles. The van der Waals surface area contributed by atoms with E-state index in [1.807, 2.05) is 31.8 Å². The first-order valence-electron chi connectivity index (χ1n) is 6.78. The Hall–Kier alpha value is -1.00. The van der Waals surface area contributed by atoms with Crippen LogP contribution in [0, 0.1) is 6.92 Å². The van der Waals surface area contributed by atoms with Gasteiger partial charge in [-0.1, -0.05) is 13.8 Å². The van der Waals surface area contributed by atoms with Crippen molar-refractivity contribution in [3.8, 4) is 0 Å². The van der Waals surface area contributed by atoms with Crippen molar-refractivity contribution in [3.63, 3.8) is 0 Å². The number of hydrogen-bond acceptors (Lipinski definition) is 3. The van der Waals surface area contributed by atoms with Crippen LogP contribution < -0.4 is 10.6 Å². The summed E-state index contributed by atoms with van der Waals surface area (Å²) < 4.78 is 0. The van der Waals surface area contributed by atoms with Gasteiger partial charge >= 0.3 is 0 Å². The van der Waals surface area contributed by atoms with Gasteiger partial charge in [-0.15, -0.1) is 11.8 Å². The second kappa shape index (κ2) is 8.23. The summed E-state index contributed by atoms with van der Waals surface area (Å²) in [4.78, 5) is 12.9. The Bertz CT molecular complexity index is 421. The number of hydrogen-bond donors (Lipinski definition) is 2. The van der Waals surface area contributed by atoms with E-state index in [-0.39, 0.29) is 5.91 Å². The molecule has 1 aromatic carbocycles. The number of anilines is 1. The van der Waals surface area contributed by atoms with Crippen LogP contribution in [-0.2, 0) is 4.79 Å². The van der Waals surface area contributed by atoms with E-state index in [1.54, 1.807) is 0 Å². The molecule has 0 bridgehead atoms. The van der Waals surface area contributed by atoms with E-state index in [9.17, 15) is 4.79 Å². The molecule has 0 spiro atoms. The quantitative estimate of drug-likeness (QED) is 0.752. The van der Waals surface area contributed by atoms with E-state index in [0.29, 0.717) is 18.2 Å². The van der Waals surface area contributed by atoms with Crippen LogP contribution in [0.5, 0.6) is 0 Å². The average Bonchev–Trinajstić information content (AvgIpc) is 2.39.